The quantitative estimate of drug-likeness (QED) is 0.592. The summed E-state index contributed by atoms with van der Waals surface area (Å²) >= 11 is 0. The number of ether oxygens (including phenoxy) is 2. The van der Waals surface area contributed by atoms with Crippen molar-refractivity contribution in [2.75, 3.05) is 19.5 Å². The van der Waals surface area contributed by atoms with Crippen molar-refractivity contribution in [1.29, 1.82) is 0 Å². The first kappa shape index (κ1) is 21.4. The minimum absolute atomic E-state index is 0.00485. The lowest BCUT2D eigenvalue weighted by molar-refractivity contribution is -0.117. The fourth-order valence-corrected chi connectivity index (χ4v) is 3.89. The molecule has 0 aromatic heterocycles. The Hall–Kier alpha value is -3.87. The molecule has 6 nitrogen and oxygen atoms in total. The standard InChI is InChI=1S/C25H23FN2O4/c1-31-20-11-19(12-21(13-20)32-2)27-24(29)14-23(16-7-9-18(26)10-8-16)28-15-17-5-3-4-6-22(17)25(28)30/h3-13,23H,14-15H2,1-2H3,(H,27,29)/t23-/m0/s1. The Morgan fingerprint density at radius 3 is 2.31 bits per heavy atom. The molecule has 1 aliphatic rings. The summed E-state index contributed by atoms with van der Waals surface area (Å²) in [7, 11) is 3.06. The van der Waals surface area contributed by atoms with Crippen molar-refractivity contribution in [2.24, 2.45) is 0 Å². The van der Waals surface area contributed by atoms with E-state index in [4.69, 9.17) is 9.47 Å². The summed E-state index contributed by atoms with van der Waals surface area (Å²) in [6.45, 7) is 0.386. The summed E-state index contributed by atoms with van der Waals surface area (Å²) in [4.78, 5) is 27.7. The molecule has 0 unspecified atom stereocenters. The normalized spacial score (nSPS) is 13.5. The highest BCUT2D eigenvalue weighted by Crippen LogP contribution is 2.34. The van der Waals surface area contributed by atoms with E-state index in [1.165, 1.54) is 26.4 Å². The summed E-state index contributed by atoms with van der Waals surface area (Å²) in [6.07, 6.45) is 0.00485. The van der Waals surface area contributed by atoms with Crippen LogP contribution >= 0.6 is 0 Å². The van der Waals surface area contributed by atoms with Crippen LogP contribution in [-0.2, 0) is 11.3 Å². The number of carbonyl (C=O) groups is 2. The van der Waals surface area contributed by atoms with Crippen LogP contribution in [0.25, 0.3) is 0 Å². The highest BCUT2D eigenvalue weighted by molar-refractivity contribution is 5.99. The van der Waals surface area contributed by atoms with Crippen LogP contribution in [0.15, 0.2) is 66.7 Å². The second-order valence-electron chi connectivity index (χ2n) is 7.51. The molecule has 4 rings (SSSR count). The lowest BCUT2D eigenvalue weighted by atomic mass is 10.0. The highest BCUT2D eigenvalue weighted by atomic mass is 19.1. The number of carbonyl (C=O) groups excluding carboxylic acids is 2. The van der Waals surface area contributed by atoms with E-state index in [9.17, 15) is 14.0 Å². The number of amides is 2. The highest BCUT2D eigenvalue weighted by Gasteiger charge is 2.34. The molecule has 0 fully saturated rings. The zero-order valence-corrected chi connectivity index (χ0v) is 17.8. The van der Waals surface area contributed by atoms with E-state index < -0.39 is 6.04 Å². The number of benzene rings is 3. The molecule has 0 bridgehead atoms. The number of hydrogen-bond donors (Lipinski definition) is 1. The lowest BCUT2D eigenvalue weighted by Gasteiger charge is -2.28. The summed E-state index contributed by atoms with van der Waals surface area (Å²) < 4.78 is 24.0. The molecule has 0 spiro atoms. The number of nitrogens with one attached hydrogen (secondary N) is 1. The van der Waals surface area contributed by atoms with Crippen LogP contribution in [0.3, 0.4) is 0 Å². The fourth-order valence-electron chi connectivity index (χ4n) is 3.89. The average molecular weight is 434 g/mol. The van der Waals surface area contributed by atoms with Crippen LogP contribution in [0.1, 0.15) is 33.9 Å². The third kappa shape index (κ3) is 4.42. The van der Waals surface area contributed by atoms with Crippen molar-refractivity contribution in [3.8, 4) is 11.5 Å². The van der Waals surface area contributed by atoms with Crippen LogP contribution in [0.4, 0.5) is 10.1 Å². The smallest absolute Gasteiger partial charge is 0.255 e. The largest absolute Gasteiger partial charge is 0.497 e. The number of anilines is 1. The van der Waals surface area contributed by atoms with Crippen LogP contribution in [0.5, 0.6) is 11.5 Å². The van der Waals surface area contributed by atoms with E-state index in [0.29, 0.717) is 34.9 Å². The van der Waals surface area contributed by atoms with Gasteiger partial charge in [0.1, 0.15) is 17.3 Å². The molecule has 3 aromatic rings. The SMILES string of the molecule is COc1cc(NC(=O)C[C@@H](c2ccc(F)cc2)N2Cc3ccccc3C2=O)cc(OC)c1. The molecule has 0 aliphatic carbocycles. The first-order valence-electron chi connectivity index (χ1n) is 10.2. The zero-order chi connectivity index (χ0) is 22.7. The van der Waals surface area contributed by atoms with E-state index in [2.05, 4.69) is 5.32 Å². The number of methoxy groups -OCH3 is 2. The van der Waals surface area contributed by atoms with Crippen LogP contribution in [0, 0.1) is 5.82 Å². The van der Waals surface area contributed by atoms with Gasteiger partial charge in [0.2, 0.25) is 5.91 Å². The number of halogens is 1. The molecule has 0 saturated heterocycles. The van der Waals surface area contributed by atoms with Crippen LogP contribution in [0.2, 0.25) is 0 Å². The minimum atomic E-state index is -0.553. The van der Waals surface area contributed by atoms with Crippen LogP contribution in [-0.4, -0.2) is 30.9 Å². The number of hydrogen-bond acceptors (Lipinski definition) is 4. The van der Waals surface area contributed by atoms with Crippen molar-refractivity contribution >= 4 is 17.5 Å². The predicted molar refractivity (Wildman–Crippen MR) is 118 cm³/mol. The molecule has 1 aliphatic heterocycles. The Balaban J connectivity index is 1.60. The van der Waals surface area contributed by atoms with Gasteiger partial charge in [-0.3, -0.25) is 9.59 Å². The van der Waals surface area contributed by atoms with Gasteiger partial charge in [0, 0.05) is 36.0 Å². The van der Waals surface area contributed by atoms with E-state index in [-0.39, 0.29) is 24.1 Å². The third-order valence-electron chi connectivity index (χ3n) is 5.49. The molecule has 0 saturated carbocycles. The third-order valence-corrected chi connectivity index (χ3v) is 5.49. The molecule has 7 heteroatoms. The van der Waals surface area contributed by atoms with Gasteiger partial charge in [-0.2, -0.15) is 0 Å². The summed E-state index contributed by atoms with van der Waals surface area (Å²) in [6, 6.07) is 17.8. The van der Waals surface area contributed by atoms with Crippen LogP contribution < -0.4 is 14.8 Å². The van der Waals surface area contributed by atoms with E-state index in [0.717, 1.165) is 5.56 Å². The van der Waals surface area contributed by atoms with Crippen molar-refractivity contribution < 1.29 is 23.5 Å². The Bertz CT molecular complexity index is 1120. The molecule has 1 N–H and O–H groups in total. The Morgan fingerprint density at radius 2 is 1.69 bits per heavy atom. The maximum Gasteiger partial charge on any atom is 0.255 e. The van der Waals surface area contributed by atoms with Crippen molar-refractivity contribution in [2.45, 2.75) is 19.0 Å². The topological polar surface area (TPSA) is 67.9 Å². The predicted octanol–water partition coefficient (Wildman–Crippen LogP) is 4.57. The van der Waals surface area contributed by atoms with E-state index >= 15 is 0 Å². The number of nitrogens with zero attached hydrogens (tertiary/aromatic N) is 1. The number of rotatable bonds is 7. The van der Waals surface area contributed by atoms with Crippen molar-refractivity contribution in [1.82, 2.24) is 4.90 Å². The Labute approximate surface area is 185 Å². The first-order chi connectivity index (χ1) is 15.5. The molecule has 0 radical (unpaired) electrons. The monoisotopic (exact) mass is 434 g/mol. The van der Waals surface area contributed by atoms with Gasteiger partial charge in [-0.1, -0.05) is 30.3 Å². The molecule has 1 atom stereocenters. The Morgan fingerprint density at radius 1 is 1.03 bits per heavy atom. The molecule has 32 heavy (non-hydrogen) atoms. The summed E-state index contributed by atoms with van der Waals surface area (Å²) in [5.74, 6) is 0.264. The van der Waals surface area contributed by atoms with E-state index in [1.807, 2.05) is 18.2 Å². The molecule has 1 heterocycles. The van der Waals surface area contributed by atoms with Gasteiger partial charge in [-0.25, -0.2) is 4.39 Å². The second-order valence-corrected chi connectivity index (χ2v) is 7.51. The van der Waals surface area contributed by atoms with Gasteiger partial charge in [0.25, 0.3) is 5.91 Å². The molecule has 164 valence electrons. The first-order valence-corrected chi connectivity index (χ1v) is 10.2. The minimum Gasteiger partial charge on any atom is -0.497 e. The molecular formula is C25H23FN2O4. The van der Waals surface area contributed by atoms with Gasteiger partial charge in [-0.05, 0) is 29.3 Å². The summed E-state index contributed by atoms with van der Waals surface area (Å²) in [5, 5.41) is 2.85. The summed E-state index contributed by atoms with van der Waals surface area (Å²) in [5.41, 5.74) is 2.73. The van der Waals surface area contributed by atoms with Gasteiger partial charge < -0.3 is 19.7 Å². The maximum atomic E-state index is 13.5. The second kappa shape index (κ2) is 9.09. The van der Waals surface area contributed by atoms with Gasteiger partial charge in [-0.15, -0.1) is 0 Å². The molecular weight excluding hydrogens is 411 g/mol. The molecule has 2 amide bonds. The van der Waals surface area contributed by atoms with Crippen molar-refractivity contribution in [3.05, 3.63) is 89.2 Å². The van der Waals surface area contributed by atoms with Gasteiger partial charge >= 0.3 is 0 Å². The average Bonchev–Trinajstić information content (AvgIpc) is 3.14. The number of fused-ring (bicyclic) bond motifs is 1. The zero-order valence-electron chi connectivity index (χ0n) is 17.8. The molecule has 3 aromatic carbocycles. The van der Waals surface area contributed by atoms with Gasteiger partial charge in [0.05, 0.1) is 26.7 Å². The van der Waals surface area contributed by atoms with E-state index in [1.54, 1.807) is 41.3 Å². The fraction of sp³-hybridized carbons (Fsp3) is 0.200. The maximum absolute atomic E-state index is 13.5. The van der Waals surface area contributed by atoms with Crippen molar-refractivity contribution in [3.63, 3.8) is 0 Å². The van der Waals surface area contributed by atoms with Gasteiger partial charge in [0.15, 0.2) is 0 Å². The lowest BCUT2D eigenvalue weighted by Crippen LogP contribution is -2.32. The Kier molecular flexibility index (Phi) is 6.07.